The van der Waals surface area contributed by atoms with Crippen molar-refractivity contribution in [2.24, 2.45) is 5.92 Å². The molecule has 1 amide bonds. The second-order valence-electron chi connectivity index (χ2n) is 19.7. The number of H-pyrrole nitrogens is 2. The monoisotopic (exact) mass is 1180 g/mol. The number of aliphatic hydroxyl groups excluding tert-OH is 3. The van der Waals surface area contributed by atoms with Crippen LogP contribution in [0.5, 0.6) is 11.5 Å². The van der Waals surface area contributed by atoms with Crippen LogP contribution in [0.1, 0.15) is 79.8 Å². The smallest absolute Gasteiger partial charge is 0.389 e. The predicted molar refractivity (Wildman–Crippen MR) is 305 cm³/mol. The molecule has 2 aliphatic heterocycles. The van der Waals surface area contributed by atoms with Gasteiger partial charge in [0.2, 0.25) is 5.91 Å². The van der Waals surface area contributed by atoms with Gasteiger partial charge in [0.15, 0.2) is 0 Å². The molecule has 3 fully saturated rings. The molecular formula is C55H68N5O16PS3. The normalized spacial score (nSPS) is 25.8. The van der Waals surface area contributed by atoms with Crippen molar-refractivity contribution in [3.8, 4) is 11.5 Å². The van der Waals surface area contributed by atoms with Crippen LogP contribution in [0.25, 0.3) is 0 Å². The van der Waals surface area contributed by atoms with Gasteiger partial charge in [0, 0.05) is 72.6 Å². The number of ether oxygens (including phenoxy) is 5. The van der Waals surface area contributed by atoms with Gasteiger partial charge in [-0.05, 0) is 79.0 Å². The third-order valence-electron chi connectivity index (χ3n) is 14.4. The molecular weight excluding hydrogens is 1110 g/mol. The molecule has 0 radical (unpaired) electrons. The lowest BCUT2D eigenvalue weighted by Gasteiger charge is -2.42. The first-order chi connectivity index (χ1) is 38.4. The Morgan fingerprint density at radius 3 is 1.85 bits per heavy atom. The van der Waals surface area contributed by atoms with Crippen LogP contribution in [-0.4, -0.2) is 127 Å². The summed E-state index contributed by atoms with van der Waals surface area (Å²) in [6.45, 7) is 1.32. The zero-order valence-corrected chi connectivity index (χ0v) is 48.4. The molecule has 3 aliphatic rings. The van der Waals surface area contributed by atoms with E-state index in [1.807, 2.05) is 91.9 Å². The lowest BCUT2D eigenvalue weighted by molar-refractivity contribution is -0.123. The van der Waals surface area contributed by atoms with Crippen molar-refractivity contribution >= 4 is 45.7 Å². The number of aryl methyl sites for hydroxylation is 2. The maximum absolute atomic E-state index is 15.6. The molecule has 12 atom stereocenters. The van der Waals surface area contributed by atoms with Crippen LogP contribution in [-0.2, 0) is 38.2 Å². The van der Waals surface area contributed by atoms with Crippen LogP contribution in [0, 0.1) is 19.8 Å². The molecule has 1 saturated carbocycles. The lowest BCUT2D eigenvalue weighted by atomic mass is 9.79. The Labute approximate surface area is 473 Å². The zero-order chi connectivity index (χ0) is 57.3. The number of aromatic nitrogens is 4. The molecule has 432 valence electrons. The molecule has 4 heterocycles. The van der Waals surface area contributed by atoms with E-state index in [0.717, 1.165) is 16.9 Å². The van der Waals surface area contributed by atoms with Crippen LogP contribution >= 0.6 is 39.8 Å². The van der Waals surface area contributed by atoms with E-state index in [2.05, 4.69) is 15.3 Å². The number of aromatic amines is 2. The molecule has 2 aromatic heterocycles. The maximum Gasteiger partial charge on any atom is 0.389 e. The number of rotatable bonds is 24. The van der Waals surface area contributed by atoms with Gasteiger partial charge in [-0.2, -0.15) is 0 Å². The third-order valence-corrected chi connectivity index (χ3v) is 20.8. The Kier molecular flexibility index (Phi) is 20.7. The molecule has 0 bridgehead atoms. The Bertz CT molecular complexity index is 3170. The summed E-state index contributed by atoms with van der Waals surface area (Å²) in [5.74, 6) is 0.842. The van der Waals surface area contributed by atoms with E-state index >= 15 is 4.57 Å². The topological polar surface area (TPSA) is 281 Å². The molecule has 80 heavy (non-hydrogen) atoms. The van der Waals surface area contributed by atoms with E-state index in [1.165, 1.54) is 50.0 Å². The Morgan fingerprint density at radius 1 is 0.775 bits per heavy atom. The molecule has 3 aromatic carbocycles. The first-order valence-electron chi connectivity index (χ1n) is 26.1. The number of hydrogen-bond acceptors (Lipinski definition) is 19. The van der Waals surface area contributed by atoms with E-state index in [0.29, 0.717) is 41.2 Å². The van der Waals surface area contributed by atoms with Gasteiger partial charge >= 0.3 is 18.2 Å². The summed E-state index contributed by atoms with van der Waals surface area (Å²) in [6.07, 6.45) is -0.543. The minimum Gasteiger partial charge on any atom is -0.497 e. The fourth-order valence-electron chi connectivity index (χ4n) is 10.2. The van der Waals surface area contributed by atoms with Crippen molar-refractivity contribution in [3.63, 3.8) is 0 Å². The van der Waals surface area contributed by atoms with Gasteiger partial charge in [-0.3, -0.25) is 42.5 Å². The zero-order valence-electron chi connectivity index (χ0n) is 45.0. The maximum atomic E-state index is 15.6. The standard InChI is InChI=1S/C55H68N5O16PS3/c1-7-41-43(27-47(73-41)60-29-33(3)52(66)58-54(60)68)76-77(69,78-23-11-12-24-79-80-45-25-35(30-61)49(63)50(64)48(45)56-34(4)62)72-31-44-42(26-46(74-44)59-28-32(2)51(65)57-53(59)67)75-55(36-13-9-8-10-14-36,37-15-19-39(70-5)20-16-37)38-17-21-40(71-6)22-18-38/h8-22,28-29,35,41-50,61,63-64H,7,23-27,30-31H2,1-6H3,(H,56,62)(H,57,65,67)(H,58,66,68)/b12-11-/t35?,41-,42?,43?,44-,45-,46-,47-,48?,49-,50-,77?/m1/s1. The van der Waals surface area contributed by atoms with Crippen molar-refractivity contribution < 1.29 is 57.4 Å². The first kappa shape index (κ1) is 60.9. The van der Waals surface area contributed by atoms with Gasteiger partial charge in [0.25, 0.3) is 11.1 Å². The highest BCUT2D eigenvalue weighted by Gasteiger charge is 2.49. The average Bonchev–Trinajstić information content (AvgIpc) is 4.12. The predicted octanol–water partition coefficient (Wildman–Crippen LogP) is 5.87. The van der Waals surface area contributed by atoms with Crippen molar-refractivity contribution in [1.29, 1.82) is 0 Å². The first-order valence-corrected chi connectivity index (χ1v) is 31.6. The number of aliphatic hydroxyl groups is 3. The van der Waals surface area contributed by atoms with Crippen LogP contribution < -0.4 is 37.3 Å². The van der Waals surface area contributed by atoms with Crippen LogP contribution in [0.4, 0.5) is 0 Å². The van der Waals surface area contributed by atoms with Crippen molar-refractivity contribution in [2.45, 2.75) is 119 Å². The highest BCUT2D eigenvalue weighted by molar-refractivity contribution is 8.77. The molecule has 21 nitrogen and oxygen atoms in total. The summed E-state index contributed by atoms with van der Waals surface area (Å²) in [5.41, 5.74) is -1.16. The van der Waals surface area contributed by atoms with Gasteiger partial charge in [-0.15, -0.1) is 0 Å². The summed E-state index contributed by atoms with van der Waals surface area (Å²) < 4.78 is 63.0. The number of hydrogen-bond donors (Lipinski definition) is 6. The fourth-order valence-corrected chi connectivity index (χ4v) is 16.1. The Hall–Kier alpha value is -5.21. The van der Waals surface area contributed by atoms with E-state index in [1.54, 1.807) is 34.1 Å². The highest BCUT2D eigenvalue weighted by atomic mass is 33.1. The summed E-state index contributed by atoms with van der Waals surface area (Å²) in [5, 5.41) is 33.8. The molecule has 5 unspecified atom stereocenters. The quantitative estimate of drug-likeness (QED) is 0.0138. The number of methoxy groups -OCH3 is 2. The molecule has 1 aliphatic carbocycles. The molecule has 5 aromatic rings. The van der Waals surface area contributed by atoms with E-state index < -0.39 is 103 Å². The van der Waals surface area contributed by atoms with Crippen LogP contribution in [0.2, 0.25) is 0 Å². The Balaban J connectivity index is 1.11. The van der Waals surface area contributed by atoms with Gasteiger partial charge in [-0.25, -0.2) is 14.2 Å². The van der Waals surface area contributed by atoms with Crippen LogP contribution in [0.15, 0.2) is 123 Å². The summed E-state index contributed by atoms with van der Waals surface area (Å²) in [7, 11) is 6.00. The SMILES string of the molecule is CC[C@H]1O[C@@H](n2cc(C)c(=O)[nH]c2=O)CC1OP(=O)(OC[C@H]1O[C@@H](n2cc(C)c(=O)[nH]c2=O)CC1OC(c1ccccc1)(c1ccc(OC)cc1)c1ccc(OC)cc1)SC/C=C\CSS[C@@H]1CC(CO)[C@@H](O)[C@H](O)C1NC(C)=O. The fraction of sp³-hybridized carbons (Fsp3) is 0.473. The van der Waals surface area contributed by atoms with E-state index in [4.69, 9.17) is 32.7 Å². The number of nitrogens with one attached hydrogen (secondary N) is 3. The van der Waals surface area contributed by atoms with Crippen molar-refractivity contribution in [2.75, 3.05) is 38.9 Å². The minimum absolute atomic E-state index is 0.0486. The average molecular weight is 1180 g/mol. The van der Waals surface area contributed by atoms with Crippen molar-refractivity contribution in [3.05, 3.63) is 173 Å². The summed E-state index contributed by atoms with van der Waals surface area (Å²) in [4.78, 5) is 68.4. The molecule has 6 N–H and O–H groups in total. The molecule has 25 heteroatoms. The lowest BCUT2D eigenvalue weighted by Crippen LogP contribution is -2.59. The number of amides is 1. The third kappa shape index (κ3) is 14.0. The number of benzene rings is 3. The molecule has 0 spiro atoms. The largest absolute Gasteiger partial charge is 0.497 e. The number of carbonyl (C=O) groups excluding carboxylic acids is 1. The summed E-state index contributed by atoms with van der Waals surface area (Å²) >= 11 is 0.909. The number of nitrogens with zero attached hydrogens (tertiary/aromatic N) is 2. The summed E-state index contributed by atoms with van der Waals surface area (Å²) in [6, 6.07) is 23.7. The number of carbonyl (C=O) groups is 1. The van der Waals surface area contributed by atoms with Gasteiger partial charge in [0.05, 0.1) is 51.3 Å². The molecule has 2 saturated heterocycles. The molecule has 8 rings (SSSR count). The van der Waals surface area contributed by atoms with Gasteiger partial charge < -0.3 is 44.3 Å². The second kappa shape index (κ2) is 27.2. The Morgan fingerprint density at radius 2 is 1.31 bits per heavy atom. The van der Waals surface area contributed by atoms with E-state index in [-0.39, 0.29) is 47.5 Å². The highest BCUT2D eigenvalue weighted by Crippen LogP contribution is 2.63. The van der Waals surface area contributed by atoms with Crippen LogP contribution in [0.3, 0.4) is 0 Å². The van der Waals surface area contributed by atoms with Gasteiger partial charge in [0.1, 0.15) is 41.8 Å². The second-order valence-corrected chi connectivity index (χ2v) is 26.4. The van der Waals surface area contributed by atoms with Gasteiger partial charge in [-0.1, -0.05) is 95.3 Å². The van der Waals surface area contributed by atoms with E-state index in [9.17, 15) is 39.3 Å². The minimum atomic E-state index is -4.29. The van der Waals surface area contributed by atoms with Crippen molar-refractivity contribution in [1.82, 2.24) is 24.4 Å².